The van der Waals surface area contributed by atoms with E-state index in [1.54, 1.807) is 19.1 Å². The van der Waals surface area contributed by atoms with E-state index in [0.717, 1.165) is 5.56 Å². The molecule has 0 unspecified atom stereocenters. The summed E-state index contributed by atoms with van der Waals surface area (Å²) in [5.74, 6) is -0.561. The number of nitrogens with one attached hydrogen (secondary N) is 2. The molecule has 2 rings (SSSR count). The molecule has 0 atom stereocenters. The predicted octanol–water partition coefficient (Wildman–Crippen LogP) is 1.75. The number of amides is 1. The molecule has 1 heterocycles. The smallest absolute Gasteiger partial charge is 0.253 e. The number of aryl methyl sites for hydroxylation is 1. The van der Waals surface area contributed by atoms with Gasteiger partial charge in [0.2, 0.25) is 5.56 Å². The minimum atomic E-state index is -0.293. The van der Waals surface area contributed by atoms with Gasteiger partial charge in [0, 0.05) is 18.8 Å². The van der Waals surface area contributed by atoms with Gasteiger partial charge in [0.25, 0.3) is 5.91 Å². The first-order chi connectivity index (χ1) is 9.06. The van der Waals surface area contributed by atoms with Crippen molar-refractivity contribution in [1.82, 2.24) is 10.3 Å². The Morgan fingerprint density at radius 3 is 2.74 bits per heavy atom. The van der Waals surface area contributed by atoms with Crippen molar-refractivity contribution in [2.45, 2.75) is 13.5 Å². The molecule has 0 radical (unpaired) electrons. The Kier molecular flexibility index (Phi) is 3.75. The fourth-order valence-corrected chi connectivity index (χ4v) is 1.65. The Balaban J connectivity index is 2.02. The lowest BCUT2D eigenvalue weighted by Crippen LogP contribution is -2.23. The standard InChI is InChI=1S/C14H13FN2O2/c1-9-6-10(2-4-12(9)15)7-17-14(19)11-3-5-13(18)16-8-11/h2-6,8H,7H2,1H3,(H,16,18)(H,17,19). The molecule has 98 valence electrons. The largest absolute Gasteiger partial charge is 0.348 e. The minimum absolute atomic E-state index is 0.259. The zero-order valence-electron chi connectivity index (χ0n) is 10.4. The number of aromatic amines is 1. The molecule has 0 saturated carbocycles. The molecule has 0 aliphatic heterocycles. The number of hydrogen-bond donors (Lipinski definition) is 2. The number of benzene rings is 1. The van der Waals surface area contributed by atoms with Crippen molar-refractivity contribution in [3.8, 4) is 0 Å². The van der Waals surface area contributed by atoms with Gasteiger partial charge in [-0.2, -0.15) is 0 Å². The monoisotopic (exact) mass is 260 g/mol. The number of rotatable bonds is 3. The van der Waals surface area contributed by atoms with Crippen molar-refractivity contribution >= 4 is 5.91 Å². The van der Waals surface area contributed by atoms with E-state index < -0.39 is 0 Å². The summed E-state index contributed by atoms with van der Waals surface area (Å²) in [6, 6.07) is 7.41. The quantitative estimate of drug-likeness (QED) is 0.883. The lowest BCUT2D eigenvalue weighted by atomic mass is 10.1. The fourth-order valence-electron chi connectivity index (χ4n) is 1.65. The number of H-pyrrole nitrogens is 1. The van der Waals surface area contributed by atoms with Crippen LogP contribution in [-0.4, -0.2) is 10.9 Å². The highest BCUT2D eigenvalue weighted by Crippen LogP contribution is 2.09. The average Bonchev–Trinajstić information content (AvgIpc) is 2.40. The predicted molar refractivity (Wildman–Crippen MR) is 69.4 cm³/mol. The van der Waals surface area contributed by atoms with Crippen molar-refractivity contribution in [1.29, 1.82) is 0 Å². The van der Waals surface area contributed by atoms with Crippen LogP contribution in [0.25, 0.3) is 0 Å². The van der Waals surface area contributed by atoms with Gasteiger partial charge < -0.3 is 10.3 Å². The maximum atomic E-state index is 13.1. The molecule has 0 aliphatic rings. The van der Waals surface area contributed by atoms with Gasteiger partial charge in [-0.05, 0) is 30.2 Å². The number of carbonyl (C=O) groups excluding carboxylic acids is 1. The summed E-state index contributed by atoms with van der Waals surface area (Å²) in [6.45, 7) is 1.97. The maximum absolute atomic E-state index is 13.1. The van der Waals surface area contributed by atoms with E-state index in [0.29, 0.717) is 17.7 Å². The van der Waals surface area contributed by atoms with Gasteiger partial charge in [0.15, 0.2) is 0 Å². The van der Waals surface area contributed by atoms with E-state index in [4.69, 9.17) is 0 Å². The number of aromatic nitrogens is 1. The summed E-state index contributed by atoms with van der Waals surface area (Å²) in [6.07, 6.45) is 1.35. The van der Waals surface area contributed by atoms with Crippen molar-refractivity contribution < 1.29 is 9.18 Å². The number of hydrogen-bond acceptors (Lipinski definition) is 2. The molecule has 0 aliphatic carbocycles. The van der Waals surface area contributed by atoms with Crippen LogP contribution in [0.4, 0.5) is 4.39 Å². The molecule has 1 aromatic carbocycles. The van der Waals surface area contributed by atoms with Crippen LogP contribution in [0.1, 0.15) is 21.5 Å². The molecular formula is C14H13FN2O2. The summed E-state index contributed by atoms with van der Waals surface area (Å²) in [5.41, 5.74) is 1.47. The summed E-state index contributed by atoms with van der Waals surface area (Å²) in [5, 5.41) is 2.70. The zero-order valence-corrected chi connectivity index (χ0v) is 10.4. The van der Waals surface area contributed by atoms with Gasteiger partial charge >= 0.3 is 0 Å². The molecule has 0 saturated heterocycles. The number of carbonyl (C=O) groups is 1. The van der Waals surface area contributed by atoms with Crippen molar-refractivity contribution in [2.75, 3.05) is 0 Å². The molecule has 19 heavy (non-hydrogen) atoms. The molecule has 0 bridgehead atoms. The Hall–Kier alpha value is -2.43. The highest BCUT2D eigenvalue weighted by Gasteiger charge is 2.05. The molecule has 1 amide bonds. The van der Waals surface area contributed by atoms with Gasteiger partial charge in [0.05, 0.1) is 5.56 Å². The summed E-state index contributed by atoms with van der Waals surface area (Å²) < 4.78 is 13.1. The molecule has 5 heteroatoms. The normalized spacial score (nSPS) is 10.2. The summed E-state index contributed by atoms with van der Waals surface area (Å²) >= 11 is 0. The molecule has 1 aromatic heterocycles. The molecule has 2 N–H and O–H groups in total. The second kappa shape index (κ2) is 5.48. The first-order valence-electron chi connectivity index (χ1n) is 5.78. The highest BCUT2D eigenvalue weighted by atomic mass is 19.1. The number of halogens is 1. The van der Waals surface area contributed by atoms with E-state index in [-0.39, 0.29) is 17.3 Å². The topological polar surface area (TPSA) is 62.0 Å². The fraction of sp³-hybridized carbons (Fsp3) is 0.143. The first-order valence-corrected chi connectivity index (χ1v) is 5.78. The molecule has 0 spiro atoms. The molecule has 2 aromatic rings. The van der Waals surface area contributed by atoms with E-state index in [1.807, 2.05) is 0 Å². The van der Waals surface area contributed by atoms with Crippen LogP contribution in [0.5, 0.6) is 0 Å². The SMILES string of the molecule is Cc1cc(CNC(=O)c2ccc(=O)[nH]c2)ccc1F. The van der Waals surface area contributed by atoms with Crippen LogP contribution in [-0.2, 0) is 6.54 Å². The van der Waals surface area contributed by atoms with Crippen molar-refractivity contribution in [2.24, 2.45) is 0 Å². The van der Waals surface area contributed by atoms with Crippen LogP contribution in [0.15, 0.2) is 41.3 Å². The Morgan fingerprint density at radius 1 is 1.32 bits per heavy atom. The van der Waals surface area contributed by atoms with Crippen LogP contribution in [0.3, 0.4) is 0 Å². The molecular weight excluding hydrogens is 247 g/mol. The zero-order chi connectivity index (χ0) is 13.8. The van der Waals surface area contributed by atoms with Crippen molar-refractivity contribution in [3.63, 3.8) is 0 Å². The highest BCUT2D eigenvalue weighted by molar-refractivity contribution is 5.93. The Morgan fingerprint density at radius 2 is 2.11 bits per heavy atom. The second-order valence-corrected chi connectivity index (χ2v) is 4.21. The van der Waals surface area contributed by atoms with Gasteiger partial charge in [-0.15, -0.1) is 0 Å². The van der Waals surface area contributed by atoms with E-state index in [9.17, 15) is 14.0 Å². The first kappa shape index (κ1) is 13.0. The van der Waals surface area contributed by atoms with Gasteiger partial charge in [-0.3, -0.25) is 9.59 Å². The Labute approximate surface area is 109 Å². The third-order valence-electron chi connectivity index (χ3n) is 2.72. The second-order valence-electron chi connectivity index (χ2n) is 4.21. The third kappa shape index (κ3) is 3.28. The minimum Gasteiger partial charge on any atom is -0.348 e. The number of pyridine rings is 1. The van der Waals surface area contributed by atoms with E-state index >= 15 is 0 Å². The Bertz CT molecular complexity index is 644. The summed E-state index contributed by atoms with van der Waals surface area (Å²) in [7, 11) is 0. The molecule has 4 nitrogen and oxygen atoms in total. The average molecular weight is 260 g/mol. The summed E-state index contributed by atoms with van der Waals surface area (Å²) in [4.78, 5) is 25.1. The maximum Gasteiger partial charge on any atom is 0.253 e. The third-order valence-corrected chi connectivity index (χ3v) is 2.72. The van der Waals surface area contributed by atoms with Gasteiger partial charge in [0.1, 0.15) is 5.82 Å². The van der Waals surface area contributed by atoms with Crippen LogP contribution >= 0.6 is 0 Å². The van der Waals surface area contributed by atoms with Gasteiger partial charge in [-0.1, -0.05) is 12.1 Å². The van der Waals surface area contributed by atoms with Crippen LogP contribution in [0, 0.1) is 12.7 Å². The molecule has 0 fully saturated rings. The lowest BCUT2D eigenvalue weighted by Gasteiger charge is -2.06. The van der Waals surface area contributed by atoms with Crippen molar-refractivity contribution in [3.05, 3.63) is 69.4 Å². The van der Waals surface area contributed by atoms with Crippen LogP contribution < -0.4 is 10.9 Å². The van der Waals surface area contributed by atoms with E-state index in [2.05, 4.69) is 10.3 Å². The van der Waals surface area contributed by atoms with Crippen LogP contribution in [0.2, 0.25) is 0 Å². The van der Waals surface area contributed by atoms with E-state index in [1.165, 1.54) is 24.4 Å². The lowest BCUT2D eigenvalue weighted by molar-refractivity contribution is 0.0950. The van der Waals surface area contributed by atoms with Gasteiger partial charge in [-0.25, -0.2) is 4.39 Å².